The zero-order valence-corrected chi connectivity index (χ0v) is 10.8. The number of oxazole rings is 1. The van der Waals surface area contributed by atoms with Crippen molar-refractivity contribution < 1.29 is 4.42 Å². The Morgan fingerprint density at radius 1 is 1.25 bits per heavy atom. The van der Waals surface area contributed by atoms with E-state index in [0.29, 0.717) is 5.82 Å². The summed E-state index contributed by atoms with van der Waals surface area (Å²) in [5, 5.41) is 17.0. The smallest absolute Gasteiger partial charge is 0.181 e. The first-order chi connectivity index (χ1) is 9.78. The molecule has 0 saturated heterocycles. The quantitative estimate of drug-likeness (QED) is 0.676. The summed E-state index contributed by atoms with van der Waals surface area (Å²) in [7, 11) is 1.80. The molecule has 0 saturated carbocycles. The van der Waals surface area contributed by atoms with Crippen LogP contribution in [0.4, 0.5) is 5.82 Å². The SMILES string of the molecule is CN(CC#N)c1ccc(-c2ccc3ncoc3c2)nn1. The zero-order chi connectivity index (χ0) is 13.9. The van der Waals surface area contributed by atoms with E-state index in [1.807, 2.05) is 30.3 Å². The lowest BCUT2D eigenvalue weighted by molar-refractivity contribution is 0.602. The second-order valence-corrected chi connectivity index (χ2v) is 4.33. The molecule has 2 aromatic heterocycles. The molecule has 0 aliphatic rings. The minimum atomic E-state index is 0.276. The molecule has 0 spiro atoms. The fraction of sp³-hybridized carbons (Fsp3) is 0.143. The van der Waals surface area contributed by atoms with Crippen molar-refractivity contribution in [2.24, 2.45) is 0 Å². The molecule has 2 heterocycles. The normalized spacial score (nSPS) is 10.4. The fourth-order valence-electron chi connectivity index (χ4n) is 1.88. The molecule has 0 N–H and O–H groups in total. The number of fused-ring (bicyclic) bond motifs is 1. The van der Waals surface area contributed by atoms with E-state index in [1.165, 1.54) is 6.39 Å². The summed E-state index contributed by atoms with van der Waals surface area (Å²) >= 11 is 0. The number of hydrogen-bond donors (Lipinski definition) is 0. The lowest BCUT2D eigenvalue weighted by atomic mass is 10.1. The van der Waals surface area contributed by atoms with Crippen LogP contribution in [0.2, 0.25) is 0 Å². The minimum Gasteiger partial charge on any atom is -0.443 e. The Kier molecular flexibility index (Phi) is 3.01. The number of rotatable bonds is 3. The van der Waals surface area contributed by atoms with Crippen molar-refractivity contribution in [2.45, 2.75) is 0 Å². The van der Waals surface area contributed by atoms with Gasteiger partial charge >= 0.3 is 0 Å². The number of nitriles is 1. The van der Waals surface area contributed by atoms with Gasteiger partial charge in [-0.3, -0.25) is 0 Å². The molecule has 0 aliphatic heterocycles. The van der Waals surface area contributed by atoms with Crippen molar-refractivity contribution >= 4 is 16.9 Å². The lowest BCUT2D eigenvalue weighted by Gasteiger charge is -2.12. The van der Waals surface area contributed by atoms with Crippen LogP contribution in [-0.2, 0) is 0 Å². The molecule has 0 radical (unpaired) electrons. The lowest BCUT2D eigenvalue weighted by Crippen LogP contribution is -2.18. The molecular weight excluding hydrogens is 254 g/mol. The molecule has 3 aromatic rings. The maximum absolute atomic E-state index is 8.65. The summed E-state index contributed by atoms with van der Waals surface area (Å²) in [5.74, 6) is 0.663. The Morgan fingerprint density at radius 3 is 2.90 bits per heavy atom. The zero-order valence-electron chi connectivity index (χ0n) is 10.8. The Labute approximate surface area is 115 Å². The van der Waals surface area contributed by atoms with Crippen molar-refractivity contribution in [3.63, 3.8) is 0 Å². The van der Waals surface area contributed by atoms with Gasteiger partial charge in [-0.05, 0) is 24.3 Å². The highest BCUT2D eigenvalue weighted by atomic mass is 16.3. The molecular formula is C14H11N5O. The summed E-state index contributed by atoms with van der Waals surface area (Å²) in [4.78, 5) is 5.80. The molecule has 6 heteroatoms. The Morgan fingerprint density at radius 2 is 2.15 bits per heavy atom. The van der Waals surface area contributed by atoms with Crippen LogP contribution < -0.4 is 4.90 Å². The Bertz CT molecular complexity index is 772. The van der Waals surface area contributed by atoms with Gasteiger partial charge in [-0.25, -0.2) is 4.98 Å². The summed E-state index contributed by atoms with van der Waals surface area (Å²) in [6.07, 6.45) is 1.42. The average Bonchev–Trinajstić information content (AvgIpc) is 2.95. The van der Waals surface area contributed by atoms with E-state index in [2.05, 4.69) is 21.3 Å². The van der Waals surface area contributed by atoms with Gasteiger partial charge in [0.25, 0.3) is 0 Å². The highest BCUT2D eigenvalue weighted by Crippen LogP contribution is 2.22. The standard InChI is InChI=1S/C14H11N5O/c1-19(7-6-15)14-5-4-11(17-18-14)10-2-3-12-13(8-10)20-9-16-12/h2-5,8-9H,7H2,1H3. The van der Waals surface area contributed by atoms with Gasteiger partial charge in [-0.1, -0.05) is 6.07 Å². The second kappa shape index (κ2) is 4.97. The topological polar surface area (TPSA) is 78.8 Å². The first-order valence-electron chi connectivity index (χ1n) is 6.03. The summed E-state index contributed by atoms with van der Waals surface area (Å²) < 4.78 is 5.27. The predicted molar refractivity (Wildman–Crippen MR) is 73.9 cm³/mol. The maximum atomic E-state index is 8.65. The van der Waals surface area contributed by atoms with Crippen LogP contribution in [0, 0.1) is 11.3 Å². The third-order valence-corrected chi connectivity index (χ3v) is 2.98. The van der Waals surface area contributed by atoms with Crippen molar-refractivity contribution in [1.82, 2.24) is 15.2 Å². The molecule has 0 atom stereocenters. The van der Waals surface area contributed by atoms with Crippen molar-refractivity contribution in [1.29, 1.82) is 5.26 Å². The highest BCUT2D eigenvalue weighted by molar-refractivity contribution is 5.78. The van der Waals surface area contributed by atoms with Gasteiger partial charge in [-0.15, -0.1) is 10.2 Å². The molecule has 98 valence electrons. The largest absolute Gasteiger partial charge is 0.443 e. The van der Waals surface area contributed by atoms with Crippen LogP contribution in [0.5, 0.6) is 0 Å². The van der Waals surface area contributed by atoms with Gasteiger partial charge in [0.05, 0.1) is 11.8 Å². The Hall–Kier alpha value is -2.94. The maximum Gasteiger partial charge on any atom is 0.181 e. The number of benzene rings is 1. The van der Waals surface area contributed by atoms with Gasteiger partial charge in [0.1, 0.15) is 12.1 Å². The van der Waals surface area contributed by atoms with Gasteiger partial charge < -0.3 is 9.32 Å². The van der Waals surface area contributed by atoms with Gasteiger partial charge in [-0.2, -0.15) is 5.26 Å². The molecule has 20 heavy (non-hydrogen) atoms. The van der Waals surface area contributed by atoms with Crippen molar-refractivity contribution in [3.8, 4) is 17.3 Å². The van der Waals surface area contributed by atoms with E-state index < -0.39 is 0 Å². The van der Waals surface area contributed by atoms with E-state index >= 15 is 0 Å². The van der Waals surface area contributed by atoms with E-state index in [-0.39, 0.29) is 6.54 Å². The number of nitrogens with zero attached hydrogens (tertiary/aromatic N) is 5. The Balaban J connectivity index is 1.92. The third-order valence-electron chi connectivity index (χ3n) is 2.98. The fourth-order valence-corrected chi connectivity index (χ4v) is 1.88. The number of hydrogen-bond acceptors (Lipinski definition) is 6. The summed E-state index contributed by atoms with van der Waals surface area (Å²) in [5.41, 5.74) is 3.19. The van der Waals surface area contributed by atoms with Crippen LogP contribution in [0.25, 0.3) is 22.4 Å². The molecule has 0 aliphatic carbocycles. The van der Waals surface area contributed by atoms with E-state index in [4.69, 9.17) is 9.68 Å². The monoisotopic (exact) mass is 265 g/mol. The average molecular weight is 265 g/mol. The first-order valence-corrected chi connectivity index (χ1v) is 6.03. The molecule has 0 amide bonds. The second-order valence-electron chi connectivity index (χ2n) is 4.33. The highest BCUT2D eigenvalue weighted by Gasteiger charge is 2.06. The number of aromatic nitrogens is 3. The molecule has 1 aromatic carbocycles. The van der Waals surface area contributed by atoms with Gasteiger partial charge in [0.15, 0.2) is 17.8 Å². The van der Waals surface area contributed by atoms with Crippen LogP contribution in [-0.4, -0.2) is 28.8 Å². The molecule has 0 unspecified atom stereocenters. The summed E-state index contributed by atoms with van der Waals surface area (Å²) in [6.45, 7) is 0.276. The van der Waals surface area contributed by atoms with Crippen molar-refractivity contribution in [3.05, 3.63) is 36.7 Å². The van der Waals surface area contributed by atoms with Crippen LogP contribution in [0.1, 0.15) is 0 Å². The van der Waals surface area contributed by atoms with E-state index in [1.54, 1.807) is 11.9 Å². The van der Waals surface area contributed by atoms with Gasteiger partial charge in [0.2, 0.25) is 0 Å². The van der Waals surface area contributed by atoms with Crippen LogP contribution >= 0.6 is 0 Å². The van der Waals surface area contributed by atoms with Crippen molar-refractivity contribution in [2.75, 3.05) is 18.5 Å². The third kappa shape index (κ3) is 2.17. The first kappa shape index (κ1) is 12.1. The molecule has 0 bridgehead atoms. The van der Waals surface area contributed by atoms with E-state index in [0.717, 1.165) is 22.4 Å². The minimum absolute atomic E-state index is 0.276. The molecule has 6 nitrogen and oxygen atoms in total. The predicted octanol–water partition coefficient (Wildman–Crippen LogP) is 2.24. The van der Waals surface area contributed by atoms with Crippen LogP contribution in [0.3, 0.4) is 0 Å². The van der Waals surface area contributed by atoms with Gasteiger partial charge in [0, 0.05) is 12.6 Å². The van der Waals surface area contributed by atoms with Crippen LogP contribution in [0.15, 0.2) is 41.1 Å². The van der Waals surface area contributed by atoms with E-state index in [9.17, 15) is 0 Å². The molecule has 0 fully saturated rings. The summed E-state index contributed by atoms with van der Waals surface area (Å²) in [6, 6.07) is 11.5. The number of anilines is 1. The molecule has 3 rings (SSSR count).